The topological polar surface area (TPSA) is 124 Å². The first kappa shape index (κ1) is 40.3. The molecule has 5 unspecified atom stereocenters. The second-order valence-electron chi connectivity index (χ2n) is 13.7. The third kappa shape index (κ3) is 8.79. The van der Waals surface area contributed by atoms with Gasteiger partial charge in [-0.1, -0.05) is 145 Å². The average Bonchev–Trinajstić information content (AvgIpc) is 3.27. The molecule has 58 heavy (non-hydrogen) atoms. The number of carbonyl (C=O) groups excluding carboxylic acids is 2. The molecule has 0 bridgehead atoms. The van der Waals surface area contributed by atoms with Crippen molar-refractivity contribution in [3.05, 3.63) is 209 Å². The van der Waals surface area contributed by atoms with E-state index in [-0.39, 0.29) is 22.6 Å². The summed E-state index contributed by atoms with van der Waals surface area (Å²) in [5.74, 6) is -1.61. The van der Waals surface area contributed by atoms with Gasteiger partial charge in [0.1, 0.15) is 17.8 Å². The number of methoxy groups -OCH3 is 1. The highest BCUT2D eigenvalue weighted by molar-refractivity contribution is 7.86. The molecule has 1 heterocycles. The van der Waals surface area contributed by atoms with Crippen molar-refractivity contribution in [3.8, 4) is 0 Å². The number of aryl methyl sites for hydroxylation is 1. The van der Waals surface area contributed by atoms with Gasteiger partial charge in [-0.15, -0.1) is 0 Å². The van der Waals surface area contributed by atoms with Gasteiger partial charge in [0.15, 0.2) is 18.5 Å². The van der Waals surface area contributed by atoms with E-state index >= 15 is 0 Å². The number of carbonyl (C=O) groups is 2. The number of ether oxygens (including phenoxy) is 5. The molecule has 11 heteroatoms. The van der Waals surface area contributed by atoms with E-state index in [0.717, 1.165) is 22.3 Å². The van der Waals surface area contributed by atoms with Crippen LogP contribution in [0.4, 0.5) is 0 Å². The van der Waals surface area contributed by atoms with E-state index in [1.807, 2.05) is 97.9 Å². The minimum absolute atomic E-state index is 0.148. The summed E-state index contributed by atoms with van der Waals surface area (Å²) in [6, 6.07) is 51.3. The van der Waals surface area contributed by atoms with Gasteiger partial charge in [-0.25, -0.2) is 9.59 Å². The van der Waals surface area contributed by atoms with Gasteiger partial charge in [-0.3, -0.25) is 4.18 Å². The molecule has 6 aromatic rings. The van der Waals surface area contributed by atoms with E-state index in [2.05, 4.69) is 0 Å². The third-order valence-electron chi connectivity index (χ3n) is 9.88. The summed E-state index contributed by atoms with van der Waals surface area (Å²) in [5.41, 5.74) is 2.26. The van der Waals surface area contributed by atoms with Gasteiger partial charge in [-0.2, -0.15) is 8.42 Å². The average molecular weight is 799 g/mol. The zero-order chi connectivity index (χ0) is 40.5. The van der Waals surface area contributed by atoms with Gasteiger partial charge >= 0.3 is 11.9 Å². The lowest BCUT2D eigenvalue weighted by atomic mass is 9.80. The Labute approximate surface area is 338 Å². The molecule has 5 atom stereocenters. The smallest absolute Gasteiger partial charge is 0.338 e. The molecule has 0 N–H and O–H groups in total. The van der Waals surface area contributed by atoms with Gasteiger partial charge in [-0.05, 0) is 60.0 Å². The molecule has 0 amide bonds. The van der Waals surface area contributed by atoms with Crippen molar-refractivity contribution in [2.24, 2.45) is 0 Å². The zero-order valence-corrected chi connectivity index (χ0v) is 32.6. The highest BCUT2D eigenvalue weighted by Crippen LogP contribution is 2.42. The molecular weight excluding hydrogens is 757 g/mol. The van der Waals surface area contributed by atoms with Crippen LogP contribution in [0.2, 0.25) is 0 Å². The summed E-state index contributed by atoms with van der Waals surface area (Å²) in [7, 11) is -3.25. The van der Waals surface area contributed by atoms with Crippen molar-refractivity contribution in [2.45, 2.75) is 48.1 Å². The van der Waals surface area contributed by atoms with Crippen molar-refractivity contribution in [3.63, 3.8) is 0 Å². The minimum Gasteiger partial charge on any atom is -0.452 e. The van der Waals surface area contributed by atoms with Crippen LogP contribution in [0.3, 0.4) is 0 Å². The summed E-state index contributed by atoms with van der Waals surface area (Å²) < 4.78 is 66.2. The fraction of sp³-hybridized carbons (Fsp3) is 0.191. The summed E-state index contributed by atoms with van der Waals surface area (Å²) in [5, 5.41) is 0. The molecule has 1 fully saturated rings. The summed E-state index contributed by atoms with van der Waals surface area (Å²) in [6.07, 6.45) is -7.44. The molecular formula is C47H42O10S. The Hall–Kier alpha value is -5.95. The van der Waals surface area contributed by atoms with Gasteiger partial charge in [0.05, 0.1) is 22.6 Å². The first-order valence-corrected chi connectivity index (χ1v) is 20.1. The van der Waals surface area contributed by atoms with Crippen LogP contribution in [0.1, 0.15) is 43.0 Å². The van der Waals surface area contributed by atoms with E-state index in [4.69, 9.17) is 27.9 Å². The summed E-state index contributed by atoms with van der Waals surface area (Å²) in [6.45, 7) is 1.50. The second-order valence-corrected chi connectivity index (χ2v) is 15.2. The molecule has 296 valence electrons. The Morgan fingerprint density at radius 2 is 0.983 bits per heavy atom. The van der Waals surface area contributed by atoms with Crippen LogP contribution < -0.4 is 0 Å². The Balaban J connectivity index is 1.36. The molecule has 6 aromatic carbocycles. The van der Waals surface area contributed by atoms with Crippen LogP contribution in [-0.2, 0) is 43.6 Å². The lowest BCUT2D eigenvalue weighted by Gasteiger charge is -2.45. The van der Waals surface area contributed by atoms with Gasteiger partial charge in [0.25, 0.3) is 10.1 Å². The quantitative estimate of drug-likeness (QED) is 0.0611. The SMILES string of the molecule is COC1OC(COC(c2ccccc2)(c2ccccc2)c2ccccc2)C(OS(=O)(=O)c2ccc(C)cc2)C(OC(=O)c2ccccc2)C1OC(=O)c1ccccc1. The normalized spacial score (nSPS) is 19.5. The van der Waals surface area contributed by atoms with Crippen LogP contribution in [0.5, 0.6) is 0 Å². The number of rotatable bonds is 14. The Bertz CT molecular complexity index is 2260. The van der Waals surface area contributed by atoms with Crippen molar-refractivity contribution >= 4 is 22.1 Å². The molecule has 0 aliphatic carbocycles. The molecule has 0 saturated carbocycles. The van der Waals surface area contributed by atoms with Gasteiger partial charge < -0.3 is 23.7 Å². The van der Waals surface area contributed by atoms with Crippen LogP contribution >= 0.6 is 0 Å². The van der Waals surface area contributed by atoms with Crippen LogP contribution in [0.15, 0.2) is 181 Å². The predicted molar refractivity (Wildman–Crippen MR) is 215 cm³/mol. The first-order chi connectivity index (χ1) is 28.2. The molecule has 1 aliphatic heterocycles. The van der Waals surface area contributed by atoms with Gasteiger partial charge in [0, 0.05) is 7.11 Å². The van der Waals surface area contributed by atoms with Gasteiger partial charge in [0.2, 0.25) is 0 Å². The predicted octanol–water partition coefficient (Wildman–Crippen LogP) is 7.90. The molecule has 1 saturated heterocycles. The number of benzene rings is 6. The lowest BCUT2D eigenvalue weighted by Crippen LogP contribution is -2.63. The molecule has 0 spiro atoms. The fourth-order valence-corrected chi connectivity index (χ4v) is 8.10. The van der Waals surface area contributed by atoms with E-state index in [9.17, 15) is 18.0 Å². The standard InChI is InChI=1S/C47H42O10S/c1-33-28-30-39(31-29-33)58(50,51)57-41-40(32-53-47(36-22-12-5-13-23-36,37-24-14-6-15-25-37)38-26-16-7-17-27-38)54-46(52-2)43(56-45(49)35-20-10-4-11-21-35)42(41)55-44(48)34-18-8-3-9-19-34/h3-31,40-43,46H,32H2,1-2H3. The molecule has 10 nitrogen and oxygen atoms in total. The molecule has 7 rings (SSSR count). The van der Waals surface area contributed by atoms with Crippen LogP contribution in [0.25, 0.3) is 0 Å². The lowest BCUT2D eigenvalue weighted by molar-refractivity contribution is -0.292. The maximum Gasteiger partial charge on any atom is 0.338 e. The van der Waals surface area contributed by atoms with E-state index in [1.54, 1.807) is 72.8 Å². The van der Waals surface area contributed by atoms with Crippen molar-refractivity contribution < 1.29 is 45.9 Å². The summed E-state index contributed by atoms with van der Waals surface area (Å²) >= 11 is 0. The van der Waals surface area contributed by atoms with Crippen molar-refractivity contribution in [1.82, 2.24) is 0 Å². The highest BCUT2D eigenvalue weighted by atomic mass is 32.2. The molecule has 0 radical (unpaired) electrons. The van der Waals surface area contributed by atoms with E-state index in [1.165, 1.54) is 19.2 Å². The number of esters is 2. The van der Waals surface area contributed by atoms with Crippen molar-refractivity contribution in [2.75, 3.05) is 13.7 Å². The first-order valence-electron chi connectivity index (χ1n) is 18.7. The Morgan fingerprint density at radius 3 is 1.41 bits per heavy atom. The second kappa shape index (κ2) is 18.1. The monoisotopic (exact) mass is 798 g/mol. The van der Waals surface area contributed by atoms with Crippen molar-refractivity contribution in [1.29, 1.82) is 0 Å². The van der Waals surface area contributed by atoms with Crippen LogP contribution in [-0.4, -0.2) is 64.8 Å². The zero-order valence-electron chi connectivity index (χ0n) is 31.8. The summed E-state index contributed by atoms with van der Waals surface area (Å²) in [4.78, 5) is 27.5. The molecule has 0 aromatic heterocycles. The maximum absolute atomic E-state index is 14.2. The fourth-order valence-electron chi connectivity index (χ4n) is 6.99. The number of hydrogen-bond donors (Lipinski definition) is 0. The third-order valence-corrected chi connectivity index (χ3v) is 11.2. The Kier molecular flexibility index (Phi) is 12.6. The van der Waals surface area contributed by atoms with E-state index in [0.29, 0.717) is 0 Å². The van der Waals surface area contributed by atoms with E-state index < -0.39 is 58.4 Å². The van der Waals surface area contributed by atoms with Crippen LogP contribution in [0, 0.1) is 6.92 Å². The highest BCUT2D eigenvalue weighted by Gasteiger charge is 2.54. The Morgan fingerprint density at radius 1 is 0.569 bits per heavy atom. The molecule has 1 aliphatic rings. The largest absolute Gasteiger partial charge is 0.452 e. The minimum atomic E-state index is -4.59. The number of hydrogen-bond acceptors (Lipinski definition) is 10. The maximum atomic E-state index is 14.2.